The molecule has 1 aromatic rings. The van der Waals surface area contributed by atoms with Gasteiger partial charge in [-0.1, -0.05) is 35.9 Å². The number of esters is 1. The molecule has 0 fully saturated rings. The second kappa shape index (κ2) is 9.58. The summed E-state index contributed by atoms with van der Waals surface area (Å²) in [6, 6.07) is 0.938. The Hall–Kier alpha value is -2.31. The standard InChI is InChI=1S/C20H23ClO6/c1-12-7-5-3-2-4-6-8-13(22)9-14(23)10-15-18(20(26)27-12)16(24)11-17(25)19(15)21/h3,5-6,8,11-13,22,24-25H,2,4,7,9-10H2,1H3/t12-,13+/m1/s1. The van der Waals surface area contributed by atoms with Crippen molar-refractivity contribution in [3.63, 3.8) is 0 Å². The normalized spacial score (nSPS) is 22.3. The number of phenolic OH excluding ortho intramolecular Hbond substituents is 2. The zero-order chi connectivity index (χ0) is 20.0. The van der Waals surface area contributed by atoms with E-state index in [2.05, 4.69) is 0 Å². The molecule has 27 heavy (non-hydrogen) atoms. The van der Waals surface area contributed by atoms with Crippen LogP contribution in [-0.4, -0.2) is 39.3 Å². The molecule has 1 aliphatic rings. The summed E-state index contributed by atoms with van der Waals surface area (Å²) in [5, 5.41) is 29.7. The Morgan fingerprint density at radius 3 is 2.56 bits per heavy atom. The van der Waals surface area contributed by atoms with Gasteiger partial charge in [-0.3, -0.25) is 4.79 Å². The first-order valence-electron chi connectivity index (χ1n) is 8.75. The number of carbonyl (C=O) groups is 2. The third-order valence-corrected chi connectivity index (χ3v) is 4.56. The van der Waals surface area contributed by atoms with Crippen molar-refractivity contribution in [3.8, 4) is 11.5 Å². The number of rotatable bonds is 0. The largest absolute Gasteiger partial charge is 0.507 e. The Morgan fingerprint density at radius 1 is 1.11 bits per heavy atom. The first-order valence-corrected chi connectivity index (χ1v) is 9.13. The van der Waals surface area contributed by atoms with Gasteiger partial charge < -0.3 is 20.1 Å². The highest BCUT2D eigenvalue weighted by Crippen LogP contribution is 2.37. The Bertz CT molecular complexity index is 768. The van der Waals surface area contributed by atoms with Gasteiger partial charge in [-0.2, -0.15) is 0 Å². The van der Waals surface area contributed by atoms with Crippen molar-refractivity contribution < 1.29 is 29.6 Å². The van der Waals surface area contributed by atoms with Gasteiger partial charge in [-0.15, -0.1) is 0 Å². The summed E-state index contributed by atoms with van der Waals surface area (Å²) in [6.45, 7) is 1.71. The van der Waals surface area contributed by atoms with Gasteiger partial charge in [0.1, 0.15) is 28.9 Å². The number of allylic oxidation sites excluding steroid dienone is 2. The summed E-state index contributed by atoms with van der Waals surface area (Å²) in [5.41, 5.74) is -0.269. The van der Waals surface area contributed by atoms with E-state index in [0.717, 1.165) is 12.5 Å². The van der Waals surface area contributed by atoms with E-state index in [1.807, 2.05) is 12.2 Å². The molecular formula is C20H23ClO6. The molecule has 0 saturated carbocycles. The van der Waals surface area contributed by atoms with Crippen LogP contribution in [0.2, 0.25) is 5.02 Å². The highest BCUT2D eigenvalue weighted by Gasteiger charge is 2.26. The van der Waals surface area contributed by atoms with Gasteiger partial charge in [0.25, 0.3) is 0 Å². The monoisotopic (exact) mass is 394 g/mol. The third-order valence-electron chi connectivity index (χ3n) is 4.14. The molecule has 1 aromatic carbocycles. The van der Waals surface area contributed by atoms with Crippen LogP contribution < -0.4 is 0 Å². The van der Waals surface area contributed by atoms with Crippen LogP contribution in [0.3, 0.4) is 0 Å². The van der Waals surface area contributed by atoms with E-state index in [9.17, 15) is 24.9 Å². The maximum Gasteiger partial charge on any atom is 0.342 e. The predicted octanol–water partition coefficient (Wildman–Crippen LogP) is 3.46. The molecule has 0 aromatic heterocycles. The van der Waals surface area contributed by atoms with E-state index in [1.165, 1.54) is 0 Å². The first kappa shape index (κ1) is 21.0. The summed E-state index contributed by atoms with van der Waals surface area (Å²) in [5.74, 6) is -2.19. The van der Waals surface area contributed by atoms with Crippen LogP contribution in [0.15, 0.2) is 30.4 Å². The number of phenols is 2. The quantitative estimate of drug-likeness (QED) is 0.460. The van der Waals surface area contributed by atoms with Crippen LogP contribution in [-0.2, 0) is 16.0 Å². The van der Waals surface area contributed by atoms with E-state index in [4.69, 9.17) is 16.3 Å². The minimum Gasteiger partial charge on any atom is -0.507 e. The summed E-state index contributed by atoms with van der Waals surface area (Å²) < 4.78 is 5.34. The van der Waals surface area contributed by atoms with E-state index < -0.39 is 35.5 Å². The summed E-state index contributed by atoms with van der Waals surface area (Å²) in [4.78, 5) is 24.9. The molecule has 2 rings (SSSR count). The summed E-state index contributed by atoms with van der Waals surface area (Å²) in [6.07, 6.45) is 7.23. The van der Waals surface area contributed by atoms with E-state index >= 15 is 0 Å². The van der Waals surface area contributed by atoms with Crippen LogP contribution in [0.4, 0.5) is 0 Å². The van der Waals surface area contributed by atoms with Crippen molar-refractivity contribution in [1.29, 1.82) is 0 Å². The van der Waals surface area contributed by atoms with E-state index in [-0.39, 0.29) is 29.0 Å². The zero-order valence-corrected chi connectivity index (χ0v) is 15.8. The Labute approximate surface area is 162 Å². The highest BCUT2D eigenvalue weighted by atomic mass is 35.5. The molecular weight excluding hydrogens is 372 g/mol. The number of ketones is 1. The molecule has 0 unspecified atom stereocenters. The van der Waals surface area contributed by atoms with Gasteiger partial charge in [0, 0.05) is 30.9 Å². The van der Waals surface area contributed by atoms with Crippen molar-refractivity contribution in [1.82, 2.24) is 0 Å². The van der Waals surface area contributed by atoms with Crippen LogP contribution >= 0.6 is 11.6 Å². The zero-order valence-electron chi connectivity index (χ0n) is 15.0. The van der Waals surface area contributed by atoms with Crippen LogP contribution in [0.25, 0.3) is 0 Å². The number of aliphatic hydroxyl groups excluding tert-OH is 1. The Balaban J connectivity index is 2.42. The average Bonchev–Trinajstić information content (AvgIpc) is 2.57. The lowest BCUT2D eigenvalue weighted by Gasteiger charge is -2.17. The molecule has 146 valence electrons. The number of hydrogen-bond acceptors (Lipinski definition) is 6. The molecule has 2 atom stereocenters. The number of hydrogen-bond donors (Lipinski definition) is 3. The van der Waals surface area contributed by atoms with Gasteiger partial charge in [0.15, 0.2) is 0 Å². The third kappa shape index (κ3) is 5.84. The molecule has 0 radical (unpaired) electrons. The van der Waals surface area contributed by atoms with Crippen molar-refractivity contribution in [2.24, 2.45) is 0 Å². The molecule has 3 N–H and O–H groups in total. The summed E-state index contributed by atoms with van der Waals surface area (Å²) >= 11 is 6.08. The van der Waals surface area contributed by atoms with Crippen LogP contribution in [0, 0.1) is 0 Å². The number of aliphatic hydroxyl groups is 1. The highest BCUT2D eigenvalue weighted by molar-refractivity contribution is 6.33. The maximum atomic E-state index is 12.5. The lowest BCUT2D eigenvalue weighted by atomic mass is 9.98. The average molecular weight is 395 g/mol. The SMILES string of the molecule is C[C@@H]1CC=CCCC=C[C@H](O)CC(=O)Cc2c(Cl)c(O)cc(O)c2C(=O)O1. The van der Waals surface area contributed by atoms with Crippen molar-refractivity contribution in [2.75, 3.05) is 0 Å². The molecule has 0 amide bonds. The van der Waals surface area contributed by atoms with Crippen molar-refractivity contribution in [3.05, 3.63) is 46.5 Å². The van der Waals surface area contributed by atoms with Crippen LogP contribution in [0.5, 0.6) is 11.5 Å². The smallest absolute Gasteiger partial charge is 0.342 e. The van der Waals surface area contributed by atoms with Gasteiger partial charge in [-0.05, 0) is 19.8 Å². The number of carbonyl (C=O) groups excluding carboxylic acids is 2. The second-order valence-electron chi connectivity index (χ2n) is 6.50. The number of aromatic hydroxyl groups is 2. The molecule has 7 heteroatoms. The Morgan fingerprint density at radius 2 is 1.81 bits per heavy atom. The van der Waals surface area contributed by atoms with Crippen molar-refractivity contribution >= 4 is 23.4 Å². The molecule has 6 nitrogen and oxygen atoms in total. The number of Topliss-reactive ketones (excluding diaryl/α,β-unsaturated/α-hetero) is 1. The summed E-state index contributed by atoms with van der Waals surface area (Å²) in [7, 11) is 0. The molecule has 1 aliphatic heterocycles. The molecule has 1 heterocycles. The van der Waals surface area contributed by atoms with E-state index in [0.29, 0.717) is 12.8 Å². The van der Waals surface area contributed by atoms with Gasteiger partial charge >= 0.3 is 5.97 Å². The van der Waals surface area contributed by atoms with Crippen LogP contribution in [0.1, 0.15) is 48.5 Å². The number of halogens is 1. The fourth-order valence-corrected chi connectivity index (χ4v) is 3.01. The van der Waals surface area contributed by atoms with Gasteiger partial charge in [-0.25, -0.2) is 4.79 Å². The lowest BCUT2D eigenvalue weighted by Crippen LogP contribution is -2.19. The second-order valence-corrected chi connectivity index (χ2v) is 6.88. The fraction of sp³-hybridized carbons (Fsp3) is 0.400. The van der Waals surface area contributed by atoms with Gasteiger partial charge in [0.2, 0.25) is 0 Å². The minimum atomic E-state index is -0.963. The number of fused-ring (bicyclic) bond motifs is 1. The topological polar surface area (TPSA) is 104 Å². The first-order chi connectivity index (χ1) is 12.8. The number of benzene rings is 1. The van der Waals surface area contributed by atoms with E-state index in [1.54, 1.807) is 19.1 Å². The molecule has 0 spiro atoms. The number of cyclic esters (lactones) is 1. The maximum absolute atomic E-state index is 12.5. The van der Waals surface area contributed by atoms with Crippen molar-refractivity contribution in [2.45, 2.75) is 51.2 Å². The molecule has 0 saturated heterocycles. The minimum absolute atomic E-state index is 0.0183. The van der Waals surface area contributed by atoms with Gasteiger partial charge in [0.05, 0.1) is 11.1 Å². The lowest BCUT2D eigenvalue weighted by molar-refractivity contribution is -0.119. The Kier molecular flexibility index (Phi) is 7.45. The number of ether oxygens (including phenoxy) is 1. The fourth-order valence-electron chi connectivity index (χ4n) is 2.79. The molecule has 0 aliphatic carbocycles. The molecule has 0 bridgehead atoms. The predicted molar refractivity (Wildman–Crippen MR) is 101 cm³/mol.